The van der Waals surface area contributed by atoms with E-state index in [2.05, 4.69) is 4.98 Å². The summed E-state index contributed by atoms with van der Waals surface area (Å²) in [5.74, 6) is -0.193. The maximum Gasteiger partial charge on any atom is 0.259 e. The maximum absolute atomic E-state index is 12.6. The molecule has 1 amide bonds. The highest BCUT2D eigenvalue weighted by Gasteiger charge is 2.25. The number of hydrogen-bond donors (Lipinski definition) is 1. The van der Waals surface area contributed by atoms with Crippen molar-refractivity contribution in [3.8, 4) is 0 Å². The average molecular weight is 300 g/mol. The van der Waals surface area contributed by atoms with Crippen LogP contribution >= 0.6 is 0 Å². The molecule has 1 saturated heterocycles. The number of nitrogens with zero attached hydrogens (tertiary/aromatic N) is 1. The van der Waals surface area contributed by atoms with E-state index < -0.39 is 0 Å². The van der Waals surface area contributed by atoms with Crippen LogP contribution in [0.5, 0.6) is 0 Å². The van der Waals surface area contributed by atoms with Gasteiger partial charge in [-0.25, -0.2) is 0 Å². The molecule has 0 saturated carbocycles. The Morgan fingerprint density at radius 3 is 2.77 bits per heavy atom. The van der Waals surface area contributed by atoms with Gasteiger partial charge in [-0.1, -0.05) is 12.1 Å². The van der Waals surface area contributed by atoms with E-state index in [0.717, 1.165) is 18.4 Å². The minimum Gasteiger partial charge on any atom is -0.378 e. The van der Waals surface area contributed by atoms with Gasteiger partial charge in [0, 0.05) is 36.8 Å². The minimum absolute atomic E-state index is 0.193. The lowest BCUT2D eigenvalue weighted by molar-refractivity contribution is 0.0145. The number of nitrogens with one attached hydrogen (secondary N) is 1. The quantitative estimate of drug-likeness (QED) is 0.945. The summed E-state index contributed by atoms with van der Waals surface area (Å²) >= 11 is 0. The highest BCUT2D eigenvalue weighted by Crippen LogP contribution is 2.16. The predicted octanol–water partition coefficient (Wildman–Crippen LogP) is 2.17. The molecule has 1 aromatic carbocycles. The number of hydrogen-bond acceptors (Lipinski definition) is 3. The molecule has 0 unspecified atom stereocenters. The summed E-state index contributed by atoms with van der Waals surface area (Å²) < 4.78 is 5.59. The summed E-state index contributed by atoms with van der Waals surface area (Å²) in [6.07, 6.45) is 3.40. The lowest BCUT2D eigenvalue weighted by Gasteiger charge is -2.31. The first kappa shape index (κ1) is 14.8. The number of piperidine rings is 1. The fraction of sp³-hybridized carbons (Fsp3) is 0.412. The number of rotatable bonds is 3. The fourth-order valence-electron chi connectivity index (χ4n) is 2.96. The number of aromatic nitrogens is 1. The van der Waals surface area contributed by atoms with E-state index in [4.69, 9.17) is 4.74 Å². The molecule has 5 nitrogen and oxygen atoms in total. The van der Waals surface area contributed by atoms with Crippen LogP contribution in [0.2, 0.25) is 0 Å². The Kier molecular flexibility index (Phi) is 4.24. The number of ether oxygens (including phenoxy) is 1. The van der Waals surface area contributed by atoms with Crippen LogP contribution in [0.3, 0.4) is 0 Å². The SMILES string of the molecule is CCOC1CCN(C(=O)c2c[nH]c3ccccc3c2=O)CC1. The molecule has 22 heavy (non-hydrogen) atoms. The number of carbonyl (C=O) groups excluding carboxylic acids is 1. The zero-order chi connectivity index (χ0) is 15.5. The van der Waals surface area contributed by atoms with Crippen LogP contribution in [-0.4, -0.2) is 41.6 Å². The van der Waals surface area contributed by atoms with Crippen LogP contribution in [0.25, 0.3) is 10.9 Å². The van der Waals surface area contributed by atoms with Gasteiger partial charge in [0.1, 0.15) is 5.56 Å². The topological polar surface area (TPSA) is 62.4 Å². The number of fused-ring (bicyclic) bond motifs is 1. The summed E-state index contributed by atoms with van der Waals surface area (Å²) in [6.45, 7) is 3.95. The zero-order valence-corrected chi connectivity index (χ0v) is 12.7. The molecule has 116 valence electrons. The summed E-state index contributed by atoms with van der Waals surface area (Å²) in [6, 6.07) is 7.24. The Labute approximate surface area is 128 Å². The second kappa shape index (κ2) is 6.32. The molecule has 5 heteroatoms. The largest absolute Gasteiger partial charge is 0.378 e. The van der Waals surface area contributed by atoms with Crippen molar-refractivity contribution in [1.82, 2.24) is 9.88 Å². The van der Waals surface area contributed by atoms with Crippen LogP contribution < -0.4 is 5.43 Å². The third-order valence-electron chi connectivity index (χ3n) is 4.15. The summed E-state index contributed by atoms with van der Waals surface area (Å²) in [4.78, 5) is 29.9. The van der Waals surface area contributed by atoms with Gasteiger partial charge in [-0.3, -0.25) is 9.59 Å². The second-order valence-corrected chi connectivity index (χ2v) is 5.52. The standard InChI is InChI=1S/C17H20N2O3/c1-2-22-12-7-9-19(10-8-12)17(21)14-11-18-15-6-4-3-5-13(15)16(14)20/h3-6,11-12H,2,7-10H2,1H3,(H,18,20). The third kappa shape index (κ3) is 2.76. The lowest BCUT2D eigenvalue weighted by Crippen LogP contribution is -2.42. The maximum atomic E-state index is 12.6. The van der Waals surface area contributed by atoms with Gasteiger partial charge in [-0.15, -0.1) is 0 Å². The van der Waals surface area contributed by atoms with Gasteiger partial charge in [0.2, 0.25) is 5.43 Å². The first-order chi connectivity index (χ1) is 10.7. The van der Waals surface area contributed by atoms with Gasteiger partial charge >= 0.3 is 0 Å². The number of benzene rings is 1. The molecule has 1 aromatic heterocycles. The Hall–Kier alpha value is -2.14. The van der Waals surface area contributed by atoms with Crippen molar-refractivity contribution in [1.29, 1.82) is 0 Å². The fourth-order valence-corrected chi connectivity index (χ4v) is 2.96. The highest BCUT2D eigenvalue weighted by atomic mass is 16.5. The van der Waals surface area contributed by atoms with Gasteiger partial charge in [0.15, 0.2) is 0 Å². The van der Waals surface area contributed by atoms with Gasteiger partial charge < -0.3 is 14.6 Å². The van der Waals surface area contributed by atoms with Crippen molar-refractivity contribution in [2.45, 2.75) is 25.9 Å². The average Bonchev–Trinajstić information content (AvgIpc) is 2.56. The van der Waals surface area contributed by atoms with E-state index >= 15 is 0 Å². The van der Waals surface area contributed by atoms with Crippen LogP contribution in [0, 0.1) is 0 Å². The minimum atomic E-state index is -0.203. The van der Waals surface area contributed by atoms with Crippen molar-refractivity contribution < 1.29 is 9.53 Å². The van der Waals surface area contributed by atoms with E-state index in [1.807, 2.05) is 19.1 Å². The van der Waals surface area contributed by atoms with E-state index in [9.17, 15) is 9.59 Å². The van der Waals surface area contributed by atoms with Gasteiger partial charge in [-0.2, -0.15) is 0 Å². The van der Waals surface area contributed by atoms with Crippen LogP contribution in [0.4, 0.5) is 0 Å². The Morgan fingerprint density at radius 2 is 2.05 bits per heavy atom. The number of pyridine rings is 1. The molecular weight excluding hydrogens is 280 g/mol. The molecule has 2 aromatic rings. The molecule has 3 rings (SSSR count). The van der Waals surface area contributed by atoms with E-state index in [1.165, 1.54) is 6.20 Å². The molecule has 0 bridgehead atoms. The van der Waals surface area contributed by atoms with E-state index in [0.29, 0.717) is 25.1 Å². The van der Waals surface area contributed by atoms with Crippen molar-refractivity contribution in [3.05, 3.63) is 46.2 Å². The molecule has 0 atom stereocenters. The Balaban J connectivity index is 1.81. The number of para-hydroxylation sites is 1. The smallest absolute Gasteiger partial charge is 0.259 e. The van der Waals surface area contributed by atoms with Gasteiger partial charge in [0.05, 0.1) is 6.10 Å². The Morgan fingerprint density at radius 1 is 1.32 bits per heavy atom. The highest BCUT2D eigenvalue weighted by molar-refractivity contribution is 5.97. The third-order valence-corrected chi connectivity index (χ3v) is 4.15. The number of aromatic amines is 1. The molecular formula is C17H20N2O3. The molecule has 2 heterocycles. The molecule has 0 aliphatic carbocycles. The van der Waals surface area contributed by atoms with E-state index in [-0.39, 0.29) is 23.0 Å². The van der Waals surface area contributed by atoms with Crippen LogP contribution in [-0.2, 0) is 4.74 Å². The van der Waals surface area contributed by atoms with Crippen LogP contribution in [0.1, 0.15) is 30.1 Å². The van der Waals surface area contributed by atoms with Crippen LogP contribution in [0.15, 0.2) is 35.3 Å². The summed E-state index contributed by atoms with van der Waals surface area (Å²) in [5.41, 5.74) is 0.763. The summed E-state index contributed by atoms with van der Waals surface area (Å²) in [7, 11) is 0. The molecule has 0 radical (unpaired) electrons. The second-order valence-electron chi connectivity index (χ2n) is 5.52. The van der Waals surface area contributed by atoms with Crippen molar-refractivity contribution in [3.63, 3.8) is 0 Å². The van der Waals surface area contributed by atoms with Gasteiger partial charge in [-0.05, 0) is 31.9 Å². The zero-order valence-electron chi connectivity index (χ0n) is 12.7. The van der Waals surface area contributed by atoms with Crippen molar-refractivity contribution in [2.75, 3.05) is 19.7 Å². The number of amides is 1. The monoisotopic (exact) mass is 300 g/mol. The summed E-state index contributed by atoms with van der Waals surface area (Å²) in [5, 5.41) is 0.553. The van der Waals surface area contributed by atoms with Crippen molar-refractivity contribution in [2.24, 2.45) is 0 Å². The first-order valence-corrected chi connectivity index (χ1v) is 7.72. The Bertz CT molecular complexity index is 730. The van der Waals surface area contributed by atoms with E-state index in [1.54, 1.807) is 17.0 Å². The normalized spacial score (nSPS) is 16.1. The number of carbonyl (C=O) groups is 1. The molecule has 1 aliphatic heterocycles. The first-order valence-electron chi connectivity index (χ1n) is 7.72. The van der Waals surface area contributed by atoms with Gasteiger partial charge in [0.25, 0.3) is 5.91 Å². The molecule has 1 fully saturated rings. The molecule has 0 spiro atoms. The molecule has 1 N–H and O–H groups in total. The molecule has 1 aliphatic rings. The van der Waals surface area contributed by atoms with Crippen molar-refractivity contribution >= 4 is 16.8 Å². The number of H-pyrrole nitrogens is 1. The lowest BCUT2D eigenvalue weighted by atomic mass is 10.1. The number of likely N-dealkylation sites (tertiary alicyclic amines) is 1. The predicted molar refractivity (Wildman–Crippen MR) is 85.1 cm³/mol.